The number of carbonyl (C=O) groups is 2. The highest BCUT2D eigenvalue weighted by atomic mass is 16.2. The van der Waals surface area contributed by atoms with Gasteiger partial charge < -0.3 is 10.2 Å². The third-order valence-corrected chi connectivity index (χ3v) is 5.40. The van der Waals surface area contributed by atoms with Gasteiger partial charge >= 0.3 is 0 Å². The Morgan fingerprint density at radius 3 is 2.78 bits per heavy atom. The van der Waals surface area contributed by atoms with Crippen molar-refractivity contribution in [1.82, 2.24) is 5.32 Å². The quantitative estimate of drug-likeness (QED) is 0.908. The van der Waals surface area contributed by atoms with Crippen LogP contribution in [-0.2, 0) is 15.0 Å². The Hall–Kier alpha value is -1.84. The Kier molecular flexibility index (Phi) is 3.26. The molecule has 2 aliphatic carbocycles. The van der Waals surface area contributed by atoms with Crippen molar-refractivity contribution in [3.05, 3.63) is 29.8 Å². The number of hydrogen-bond donors (Lipinski definition) is 1. The third-order valence-electron chi connectivity index (χ3n) is 5.40. The number of para-hydroxylation sites is 1. The van der Waals surface area contributed by atoms with Gasteiger partial charge in [0.15, 0.2) is 0 Å². The second kappa shape index (κ2) is 5.08. The zero-order chi connectivity index (χ0) is 16.2. The minimum atomic E-state index is -0.577. The van der Waals surface area contributed by atoms with Crippen LogP contribution in [0.3, 0.4) is 0 Å². The molecule has 0 unspecified atom stereocenters. The number of carbonyl (C=O) groups excluding carboxylic acids is 2. The third kappa shape index (κ3) is 2.27. The molecule has 1 N–H and O–H groups in total. The number of benzene rings is 1. The molecule has 2 fully saturated rings. The molecule has 1 heterocycles. The molecular weight excluding hydrogens is 288 g/mol. The summed E-state index contributed by atoms with van der Waals surface area (Å²) in [5.74, 6) is 1.06. The summed E-state index contributed by atoms with van der Waals surface area (Å²) in [5.41, 5.74) is 1.52. The lowest BCUT2D eigenvalue weighted by Crippen LogP contribution is -2.37. The van der Waals surface area contributed by atoms with Crippen LogP contribution in [0.4, 0.5) is 5.69 Å². The van der Waals surface area contributed by atoms with Gasteiger partial charge in [-0.2, -0.15) is 0 Å². The van der Waals surface area contributed by atoms with Crippen LogP contribution in [0.5, 0.6) is 0 Å². The molecule has 23 heavy (non-hydrogen) atoms. The Morgan fingerprint density at radius 2 is 2.09 bits per heavy atom. The summed E-state index contributed by atoms with van der Waals surface area (Å²) >= 11 is 0. The number of anilines is 1. The van der Waals surface area contributed by atoms with Gasteiger partial charge in [-0.25, -0.2) is 0 Å². The summed E-state index contributed by atoms with van der Waals surface area (Å²) in [6.45, 7) is 5.65. The standard InChI is InChI=1S/C19H24N2O2/c1-12(2)10-20-17(22)15-9-19(15)14-5-3-4-6-16(14)21(18(19)23)11-13-7-8-13/h3-6,12-13,15H,7-11H2,1-2H3,(H,20,22)/t15-,19+/m1/s1. The Labute approximate surface area is 137 Å². The lowest BCUT2D eigenvalue weighted by atomic mass is 9.94. The second-order valence-electron chi connectivity index (χ2n) is 7.74. The van der Waals surface area contributed by atoms with Crippen molar-refractivity contribution in [3.63, 3.8) is 0 Å². The fourth-order valence-electron chi connectivity index (χ4n) is 3.83. The molecule has 4 rings (SSSR count). The summed E-state index contributed by atoms with van der Waals surface area (Å²) < 4.78 is 0. The Balaban J connectivity index is 1.59. The second-order valence-corrected chi connectivity index (χ2v) is 7.74. The fourth-order valence-corrected chi connectivity index (χ4v) is 3.83. The van der Waals surface area contributed by atoms with E-state index in [1.54, 1.807) is 0 Å². The summed E-state index contributed by atoms with van der Waals surface area (Å²) in [7, 11) is 0. The SMILES string of the molecule is CC(C)CNC(=O)[C@H]1C[C@@]12C(=O)N(CC1CC1)c1ccccc12. The smallest absolute Gasteiger partial charge is 0.238 e. The molecule has 0 radical (unpaired) electrons. The van der Waals surface area contributed by atoms with Crippen LogP contribution in [0, 0.1) is 17.8 Å². The van der Waals surface area contributed by atoms with Gasteiger partial charge in [-0.05, 0) is 42.7 Å². The van der Waals surface area contributed by atoms with E-state index in [1.807, 2.05) is 29.2 Å². The molecule has 1 aromatic carbocycles. The van der Waals surface area contributed by atoms with E-state index < -0.39 is 5.41 Å². The summed E-state index contributed by atoms with van der Waals surface area (Å²) in [5, 5.41) is 3.00. The normalized spacial score (nSPS) is 28.4. The minimum absolute atomic E-state index is 0.0372. The van der Waals surface area contributed by atoms with E-state index in [-0.39, 0.29) is 17.7 Å². The number of rotatable bonds is 5. The summed E-state index contributed by atoms with van der Waals surface area (Å²) in [6.07, 6.45) is 3.10. The van der Waals surface area contributed by atoms with Crippen LogP contribution < -0.4 is 10.2 Å². The van der Waals surface area contributed by atoms with Gasteiger partial charge in [0.05, 0.1) is 11.3 Å². The molecule has 4 heteroatoms. The molecule has 0 aromatic heterocycles. The first-order chi connectivity index (χ1) is 11.0. The molecule has 1 aliphatic heterocycles. The maximum absolute atomic E-state index is 13.1. The number of amides is 2. The predicted octanol–water partition coefficient (Wildman–Crippen LogP) is 2.47. The molecule has 0 saturated heterocycles. The average Bonchev–Trinajstić information content (AvgIpc) is 3.43. The summed E-state index contributed by atoms with van der Waals surface area (Å²) in [4.78, 5) is 27.5. The van der Waals surface area contributed by atoms with Gasteiger partial charge in [0, 0.05) is 18.8 Å². The van der Waals surface area contributed by atoms with Crippen LogP contribution in [0.2, 0.25) is 0 Å². The lowest BCUT2D eigenvalue weighted by molar-refractivity contribution is -0.126. The first kappa shape index (κ1) is 14.7. The number of fused-ring (bicyclic) bond motifs is 2. The summed E-state index contributed by atoms with van der Waals surface area (Å²) in [6, 6.07) is 8.04. The van der Waals surface area contributed by atoms with Crippen molar-refractivity contribution in [2.24, 2.45) is 17.8 Å². The van der Waals surface area contributed by atoms with E-state index in [0.29, 0.717) is 24.8 Å². The van der Waals surface area contributed by atoms with Gasteiger partial charge in [0.1, 0.15) is 0 Å². The molecule has 4 nitrogen and oxygen atoms in total. The van der Waals surface area contributed by atoms with Gasteiger partial charge in [0.25, 0.3) is 0 Å². The van der Waals surface area contributed by atoms with E-state index in [9.17, 15) is 9.59 Å². The number of hydrogen-bond acceptors (Lipinski definition) is 2. The van der Waals surface area contributed by atoms with Crippen molar-refractivity contribution in [2.75, 3.05) is 18.0 Å². The molecule has 3 aliphatic rings. The van der Waals surface area contributed by atoms with Gasteiger partial charge in [-0.15, -0.1) is 0 Å². The zero-order valence-corrected chi connectivity index (χ0v) is 13.8. The molecule has 1 spiro atoms. The van der Waals surface area contributed by atoms with Crippen LogP contribution in [0.15, 0.2) is 24.3 Å². The molecule has 2 atom stereocenters. The molecule has 1 aromatic rings. The molecule has 0 bridgehead atoms. The molecular formula is C19H24N2O2. The van der Waals surface area contributed by atoms with Crippen LogP contribution in [0.1, 0.15) is 38.7 Å². The van der Waals surface area contributed by atoms with E-state index in [2.05, 4.69) is 19.2 Å². The maximum atomic E-state index is 13.1. The number of nitrogens with zero attached hydrogens (tertiary/aromatic N) is 1. The fraction of sp³-hybridized carbons (Fsp3) is 0.579. The molecule has 2 saturated carbocycles. The van der Waals surface area contributed by atoms with Gasteiger partial charge in [-0.3, -0.25) is 9.59 Å². The van der Waals surface area contributed by atoms with E-state index in [4.69, 9.17) is 0 Å². The van der Waals surface area contributed by atoms with Crippen molar-refractivity contribution < 1.29 is 9.59 Å². The lowest BCUT2D eigenvalue weighted by Gasteiger charge is -2.17. The maximum Gasteiger partial charge on any atom is 0.238 e. The number of nitrogens with one attached hydrogen (secondary N) is 1. The Morgan fingerprint density at radius 1 is 1.35 bits per heavy atom. The first-order valence-corrected chi connectivity index (χ1v) is 8.73. The molecule has 2 amide bonds. The van der Waals surface area contributed by atoms with Crippen LogP contribution >= 0.6 is 0 Å². The van der Waals surface area contributed by atoms with E-state index in [0.717, 1.165) is 17.8 Å². The monoisotopic (exact) mass is 312 g/mol. The molecule has 122 valence electrons. The van der Waals surface area contributed by atoms with E-state index >= 15 is 0 Å². The first-order valence-electron chi connectivity index (χ1n) is 8.73. The highest BCUT2D eigenvalue weighted by molar-refractivity contribution is 6.14. The van der Waals surface area contributed by atoms with Crippen LogP contribution in [0.25, 0.3) is 0 Å². The average molecular weight is 312 g/mol. The highest BCUT2D eigenvalue weighted by Crippen LogP contribution is 2.62. The zero-order valence-electron chi connectivity index (χ0n) is 13.8. The highest BCUT2D eigenvalue weighted by Gasteiger charge is 2.69. The van der Waals surface area contributed by atoms with Crippen molar-refractivity contribution in [1.29, 1.82) is 0 Å². The van der Waals surface area contributed by atoms with Crippen molar-refractivity contribution in [3.8, 4) is 0 Å². The Bertz CT molecular complexity index is 665. The largest absolute Gasteiger partial charge is 0.356 e. The van der Waals surface area contributed by atoms with Crippen LogP contribution in [-0.4, -0.2) is 24.9 Å². The van der Waals surface area contributed by atoms with Gasteiger partial charge in [0.2, 0.25) is 11.8 Å². The van der Waals surface area contributed by atoms with Gasteiger partial charge in [-0.1, -0.05) is 32.0 Å². The predicted molar refractivity (Wildman–Crippen MR) is 89.2 cm³/mol. The van der Waals surface area contributed by atoms with Crippen molar-refractivity contribution >= 4 is 17.5 Å². The topological polar surface area (TPSA) is 49.4 Å². The van der Waals surface area contributed by atoms with Crippen molar-refractivity contribution in [2.45, 2.75) is 38.5 Å². The van der Waals surface area contributed by atoms with E-state index in [1.165, 1.54) is 12.8 Å². The minimum Gasteiger partial charge on any atom is -0.356 e.